The van der Waals surface area contributed by atoms with Crippen LogP contribution in [0, 0.1) is 0 Å². The molecule has 3 N–H and O–H groups in total. The Morgan fingerprint density at radius 1 is 1.79 bits per heavy atom. The maximum Gasteiger partial charge on any atom is 0.412 e. The molecule has 1 aliphatic rings. The van der Waals surface area contributed by atoms with Gasteiger partial charge in [0.15, 0.2) is 0 Å². The summed E-state index contributed by atoms with van der Waals surface area (Å²) in [6.45, 7) is 0. The first-order valence-corrected chi connectivity index (χ1v) is 4.85. The largest absolute Gasteiger partial charge is 0.465 e. The van der Waals surface area contributed by atoms with Crippen molar-refractivity contribution in [1.29, 1.82) is 0 Å². The molecule has 0 bridgehead atoms. The van der Waals surface area contributed by atoms with Gasteiger partial charge in [0, 0.05) is 11.4 Å². The normalized spacial score (nSPS) is 20.3. The Hall–Kier alpha value is -1.11. The molecule has 2 heterocycles. The van der Waals surface area contributed by atoms with Gasteiger partial charge in [-0.15, -0.1) is 0 Å². The minimum Gasteiger partial charge on any atom is -0.465 e. The maximum atomic E-state index is 10.8. The van der Waals surface area contributed by atoms with Crippen LogP contribution in [0.2, 0.25) is 0 Å². The summed E-state index contributed by atoms with van der Waals surface area (Å²) in [4.78, 5) is 11.7. The third kappa shape index (κ3) is 1.28. The number of halogens is 1. The van der Waals surface area contributed by atoms with Crippen LogP contribution in [0.4, 0.5) is 4.79 Å². The second-order valence-electron chi connectivity index (χ2n) is 2.72. The van der Waals surface area contributed by atoms with E-state index in [0.29, 0.717) is 10.3 Å². The molecule has 1 amide bonds. The van der Waals surface area contributed by atoms with Crippen molar-refractivity contribution in [2.45, 2.75) is 6.17 Å². The second-order valence-corrected chi connectivity index (χ2v) is 3.93. The third-order valence-electron chi connectivity index (χ3n) is 1.87. The lowest BCUT2D eigenvalue weighted by Gasteiger charge is -2.23. The number of rotatable bonds is 0. The highest BCUT2D eigenvalue weighted by molar-refractivity contribution is 7.04. The molecule has 0 aliphatic carbocycles. The fourth-order valence-corrected chi connectivity index (χ4v) is 2.19. The van der Waals surface area contributed by atoms with Crippen molar-refractivity contribution in [3.05, 3.63) is 15.9 Å². The zero-order valence-corrected chi connectivity index (χ0v) is 8.42. The van der Waals surface area contributed by atoms with Gasteiger partial charge < -0.3 is 10.8 Å². The van der Waals surface area contributed by atoms with E-state index in [1.54, 1.807) is 6.20 Å². The zero-order chi connectivity index (χ0) is 10.3. The standard InChI is InChI=1S/C7H6ClN3O2S/c8-4-5-3(1-10-14-5)2-11(6(4)9)7(12)13/h1-2,6H,9H2,(H,12,13). The predicted octanol–water partition coefficient (Wildman–Crippen LogP) is -0.493. The Kier molecular flexibility index (Phi) is 2.18. The van der Waals surface area contributed by atoms with Crippen LogP contribution in [0.25, 0.3) is 11.2 Å². The lowest BCUT2D eigenvalue weighted by Crippen LogP contribution is -2.48. The second kappa shape index (κ2) is 3.23. The number of hydrogen-bond acceptors (Lipinski definition) is 4. The Morgan fingerprint density at radius 2 is 2.50 bits per heavy atom. The van der Waals surface area contributed by atoms with Gasteiger partial charge in [-0.2, -0.15) is 4.37 Å². The smallest absolute Gasteiger partial charge is 0.412 e. The summed E-state index contributed by atoms with van der Waals surface area (Å²) in [5.41, 5.74) is 5.62. The monoisotopic (exact) mass is 231 g/mol. The Bertz CT molecular complexity index is 497. The van der Waals surface area contributed by atoms with Gasteiger partial charge >= 0.3 is 6.09 Å². The van der Waals surface area contributed by atoms with Crippen LogP contribution in [0.15, 0.2) is 6.20 Å². The summed E-state index contributed by atoms with van der Waals surface area (Å²) in [7, 11) is 0. The van der Waals surface area contributed by atoms with Gasteiger partial charge in [-0.1, -0.05) is 11.6 Å². The molecular formula is C7H6ClN3O2S. The van der Waals surface area contributed by atoms with Crippen molar-refractivity contribution in [2.24, 2.45) is 5.73 Å². The number of carboxylic acid groups (broad SMARTS) is 1. The molecule has 2 rings (SSSR count). The minimum atomic E-state index is -1.13. The Morgan fingerprint density at radius 3 is 3.14 bits per heavy atom. The molecule has 0 radical (unpaired) electrons. The van der Waals surface area contributed by atoms with Crippen molar-refractivity contribution in [3.63, 3.8) is 0 Å². The van der Waals surface area contributed by atoms with Crippen molar-refractivity contribution in [3.8, 4) is 0 Å². The number of aromatic nitrogens is 1. The van der Waals surface area contributed by atoms with Crippen molar-refractivity contribution in [1.82, 2.24) is 9.27 Å². The van der Waals surface area contributed by atoms with E-state index in [4.69, 9.17) is 22.4 Å². The summed E-state index contributed by atoms with van der Waals surface area (Å²) in [6.07, 6.45) is 1.02. The fourth-order valence-electron chi connectivity index (χ4n) is 1.18. The van der Waals surface area contributed by atoms with E-state index in [1.807, 2.05) is 0 Å². The quantitative estimate of drug-likeness (QED) is 0.631. The Balaban J connectivity index is 2.68. The molecule has 7 heteroatoms. The molecule has 14 heavy (non-hydrogen) atoms. The lowest BCUT2D eigenvalue weighted by atomic mass is 10.3. The summed E-state index contributed by atoms with van der Waals surface area (Å²) >= 11 is 7.12. The summed E-state index contributed by atoms with van der Waals surface area (Å²) in [6, 6.07) is 0. The molecule has 74 valence electrons. The number of amides is 1. The minimum absolute atomic E-state index is 0.312. The van der Waals surface area contributed by atoms with Gasteiger partial charge in [-0.25, -0.2) is 4.79 Å². The van der Waals surface area contributed by atoms with Crippen molar-refractivity contribution in [2.75, 3.05) is 0 Å². The highest BCUT2D eigenvalue weighted by atomic mass is 35.5. The van der Waals surface area contributed by atoms with E-state index < -0.39 is 12.3 Å². The number of carbonyl (C=O) groups is 1. The predicted molar refractivity (Wildman–Crippen MR) is 52.9 cm³/mol. The van der Waals surface area contributed by atoms with E-state index >= 15 is 0 Å². The van der Waals surface area contributed by atoms with Gasteiger partial charge in [0.2, 0.25) is 0 Å². The number of fused-ring (bicyclic) bond motifs is 1. The highest BCUT2D eigenvalue weighted by Crippen LogP contribution is 2.13. The van der Waals surface area contributed by atoms with Crippen LogP contribution in [0.1, 0.15) is 0 Å². The molecule has 1 aliphatic heterocycles. The molecule has 1 aromatic heterocycles. The van der Waals surface area contributed by atoms with Gasteiger partial charge in [-0.3, -0.25) is 4.90 Å². The Labute approximate surface area is 87.9 Å². The number of nitrogens with two attached hydrogens (primary N) is 1. The van der Waals surface area contributed by atoms with E-state index in [2.05, 4.69) is 4.37 Å². The van der Waals surface area contributed by atoms with E-state index in [9.17, 15) is 4.79 Å². The molecule has 0 fully saturated rings. The van der Waals surface area contributed by atoms with Crippen LogP contribution in [0.5, 0.6) is 0 Å². The van der Waals surface area contributed by atoms with Gasteiger partial charge in [0.05, 0.1) is 15.8 Å². The lowest BCUT2D eigenvalue weighted by molar-refractivity contribution is 0.162. The molecular weight excluding hydrogens is 226 g/mol. The summed E-state index contributed by atoms with van der Waals surface area (Å²) < 4.78 is 4.65. The van der Waals surface area contributed by atoms with Crippen LogP contribution < -0.4 is 15.5 Å². The van der Waals surface area contributed by atoms with Crippen LogP contribution in [-0.2, 0) is 0 Å². The first-order valence-electron chi connectivity index (χ1n) is 3.70. The molecule has 1 aromatic rings. The van der Waals surface area contributed by atoms with Gasteiger partial charge in [-0.05, 0) is 11.5 Å². The first-order chi connectivity index (χ1) is 6.61. The molecule has 0 aromatic carbocycles. The molecule has 5 nitrogen and oxygen atoms in total. The van der Waals surface area contributed by atoms with Crippen LogP contribution in [0.3, 0.4) is 0 Å². The molecule has 1 atom stereocenters. The van der Waals surface area contributed by atoms with Crippen molar-refractivity contribution >= 4 is 40.5 Å². The average molecular weight is 232 g/mol. The zero-order valence-electron chi connectivity index (χ0n) is 6.85. The molecule has 1 unspecified atom stereocenters. The van der Waals surface area contributed by atoms with Crippen LogP contribution >= 0.6 is 23.1 Å². The SMILES string of the molecule is NC1C(Cl)=c2sncc2=CN1C(=O)O. The van der Waals surface area contributed by atoms with E-state index in [-0.39, 0.29) is 0 Å². The number of nitrogens with zero attached hydrogens (tertiary/aromatic N) is 2. The topological polar surface area (TPSA) is 79.5 Å². The summed E-state index contributed by atoms with van der Waals surface area (Å²) in [5, 5.41) is 9.81. The average Bonchev–Trinajstić information content (AvgIpc) is 2.58. The third-order valence-corrected chi connectivity index (χ3v) is 3.25. The van der Waals surface area contributed by atoms with Gasteiger partial charge in [0.25, 0.3) is 0 Å². The molecule has 0 spiro atoms. The number of hydrogen-bond donors (Lipinski definition) is 2. The van der Waals surface area contributed by atoms with Crippen LogP contribution in [-0.4, -0.2) is 26.6 Å². The van der Waals surface area contributed by atoms with Gasteiger partial charge in [0.1, 0.15) is 6.17 Å². The van der Waals surface area contributed by atoms with E-state index in [0.717, 1.165) is 9.43 Å². The highest BCUT2D eigenvalue weighted by Gasteiger charge is 2.24. The molecule has 0 saturated heterocycles. The van der Waals surface area contributed by atoms with Crippen molar-refractivity contribution < 1.29 is 9.90 Å². The fraction of sp³-hybridized carbons (Fsp3) is 0.143. The maximum absolute atomic E-state index is 10.8. The summed E-state index contributed by atoms with van der Waals surface area (Å²) in [5.74, 6) is 0. The first kappa shape index (κ1) is 9.45. The molecule has 0 saturated carbocycles. The van der Waals surface area contributed by atoms with E-state index in [1.165, 1.54) is 17.7 Å².